The van der Waals surface area contributed by atoms with E-state index in [4.69, 9.17) is 5.73 Å². The lowest BCUT2D eigenvalue weighted by atomic mass is 10.2. The number of fused-ring (bicyclic) bond motifs is 1. The molecule has 2 heterocycles. The molecular weight excluding hydrogens is 233 g/mol. The van der Waals surface area contributed by atoms with E-state index in [1.54, 1.807) is 0 Å². The number of halogens is 3. The van der Waals surface area contributed by atoms with Crippen LogP contribution in [-0.4, -0.2) is 14.6 Å². The number of hydrogen-bond donors (Lipinski definition) is 1. The van der Waals surface area contributed by atoms with Crippen LogP contribution in [0, 0.1) is 0 Å². The molecule has 92 valence electrons. The first-order valence-electron chi connectivity index (χ1n) is 5.13. The minimum atomic E-state index is -4.45. The molecule has 0 fully saturated rings. The van der Waals surface area contributed by atoms with Crippen molar-refractivity contribution in [3.8, 4) is 0 Å². The van der Waals surface area contributed by atoms with Gasteiger partial charge < -0.3 is 5.73 Å². The molecule has 0 aliphatic heterocycles. The van der Waals surface area contributed by atoms with Crippen LogP contribution in [0.2, 0.25) is 0 Å². The average Bonchev–Trinajstić information content (AvgIpc) is 2.59. The molecule has 2 aromatic rings. The third kappa shape index (κ3) is 1.92. The maximum absolute atomic E-state index is 12.8. The predicted molar refractivity (Wildman–Crippen MR) is 56.4 cm³/mol. The summed E-state index contributed by atoms with van der Waals surface area (Å²) in [6.07, 6.45) is -2.06. The molecule has 0 atom stereocenters. The number of anilines is 1. The summed E-state index contributed by atoms with van der Waals surface area (Å²) in [7, 11) is 0. The summed E-state index contributed by atoms with van der Waals surface area (Å²) in [5.41, 5.74) is 5.04. The molecule has 0 aromatic carbocycles. The summed E-state index contributed by atoms with van der Waals surface area (Å²) < 4.78 is 39.7. The van der Waals surface area contributed by atoms with E-state index in [2.05, 4.69) is 10.1 Å². The Labute approximate surface area is 95.3 Å². The summed E-state index contributed by atoms with van der Waals surface area (Å²) in [5.74, 6) is -0.158. The fraction of sp³-hybridized carbons (Fsp3) is 0.400. The van der Waals surface area contributed by atoms with E-state index in [1.165, 1.54) is 4.52 Å². The Bertz CT molecular complexity index is 544. The van der Waals surface area contributed by atoms with Gasteiger partial charge in [-0.1, -0.05) is 13.3 Å². The molecule has 0 amide bonds. The largest absolute Gasteiger partial charge is 0.418 e. The predicted octanol–water partition coefficient (Wildman–Crippen LogP) is 2.28. The van der Waals surface area contributed by atoms with E-state index in [0.29, 0.717) is 12.1 Å². The van der Waals surface area contributed by atoms with Gasteiger partial charge in [0.05, 0.1) is 5.56 Å². The molecule has 0 aliphatic carbocycles. The lowest BCUT2D eigenvalue weighted by Crippen LogP contribution is -2.07. The summed E-state index contributed by atoms with van der Waals surface area (Å²) in [5, 5.41) is 3.82. The second-order valence-corrected chi connectivity index (χ2v) is 3.70. The molecule has 2 rings (SSSR count). The smallest absolute Gasteiger partial charge is 0.382 e. The van der Waals surface area contributed by atoms with Crippen LogP contribution in [0.25, 0.3) is 5.52 Å². The first-order chi connectivity index (χ1) is 7.95. The number of alkyl halides is 3. The number of nitrogens with zero attached hydrogens (tertiary/aromatic N) is 3. The van der Waals surface area contributed by atoms with Crippen molar-refractivity contribution in [2.75, 3.05) is 5.73 Å². The minimum absolute atomic E-state index is 0.158. The topological polar surface area (TPSA) is 56.2 Å². The number of hydrogen-bond acceptors (Lipinski definition) is 3. The maximum Gasteiger partial charge on any atom is 0.418 e. The summed E-state index contributed by atoms with van der Waals surface area (Å²) >= 11 is 0. The number of nitrogens with two attached hydrogens (primary N) is 1. The molecule has 0 spiro atoms. The third-order valence-electron chi connectivity index (χ3n) is 2.47. The quantitative estimate of drug-likeness (QED) is 0.881. The first kappa shape index (κ1) is 11.7. The zero-order valence-corrected chi connectivity index (χ0v) is 9.12. The van der Waals surface area contributed by atoms with Crippen molar-refractivity contribution >= 4 is 11.3 Å². The second kappa shape index (κ2) is 3.90. The Morgan fingerprint density at radius 3 is 2.71 bits per heavy atom. The lowest BCUT2D eigenvalue weighted by Gasteiger charge is -2.05. The standard InChI is InChI=1S/C10H11F3N4/c1-2-3-6-4-7(10(11,12)13)8-9(14)15-5-16-17(6)8/h4-5H,2-3H2,1H3,(H2,14,15,16). The fourth-order valence-electron chi connectivity index (χ4n) is 1.78. The Hall–Kier alpha value is -1.79. The molecule has 7 heteroatoms. The zero-order valence-electron chi connectivity index (χ0n) is 9.12. The van der Waals surface area contributed by atoms with E-state index in [9.17, 15) is 13.2 Å². The third-order valence-corrected chi connectivity index (χ3v) is 2.47. The zero-order chi connectivity index (χ0) is 12.6. The molecule has 17 heavy (non-hydrogen) atoms. The number of rotatable bonds is 2. The highest BCUT2D eigenvalue weighted by molar-refractivity contribution is 5.71. The Balaban J connectivity index is 2.76. The van der Waals surface area contributed by atoms with Crippen molar-refractivity contribution in [3.05, 3.63) is 23.7 Å². The van der Waals surface area contributed by atoms with Gasteiger partial charge in [0.25, 0.3) is 0 Å². The molecule has 0 radical (unpaired) electrons. The van der Waals surface area contributed by atoms with Gasteiger partial charge in [-0.15, -0.1) is 0 Å². The number of aryl methyl sites for hydroxylation is 1. The maximum atomic E-state index is 12.8. The van der Waals surface area contributed by atoms with Gasteiger partial charge in [0.15, 0.2) is 5.82 Å². The number of aromatic nitrogens is 3. The Morgan fingerprint density at radius 2 is 2.12 bits per heavy atom. The normalized spacial score (nSPS) is 12.2. The van der Waals surface area contributed by atoms with Crippen molar-refractivity contribution in [3.63, 3.8) is 0 Å². The van der Waals surface area contributed by atoms with Crippen molar-refractivity contribution in [2.45, 2.75) is 25.9 Å². The highest BCUT2D eigenvalue weighted by Crippen LogP contribution is 2.36. The Morgan fingerprint density at radius 1 is 1.41 bits per heavy atom. The van der Waals surface area contributed by atoms with Crippen LogP contribution < -0.4 is 5.73 Å². The second-order valence-electron chi connectivity index (χ2n) is 3.70. The van der Waals surface area contributed by atoms with Crippen molar-refractivity contribution in [1.29, 1.82) is 0 Å². The molecule has 0 saturated carbocycles. The molecule has 0 unspecified atom stereocenters. The molecule has 0 bridgehead atoms. The van der Waals surface area contributed by atoms with E-state index < -0.39 is 11.7 Å². The summed E-state index contributed by atoms with van der Waals surface area (Å²) in [4.78, 5) is 3.60. The van der Waals surface area contributed by atoms with E-state index in [-0.39, 0.29) is 11.3 Å². The highest BCUT2D eigenvalue weighted by atomic mass is 19.4. The van der Waals surface area contributed by atoms with Gasteiger partial charge in [-0.05, 0) is 12.5 Å². The van der Waals surface area contributed by atoms with E-state index in [1.807, 2.05) is 6.92 Å². The van der Waals surface area contributed by atoms with Crippen LogP contribution in [0.3, 0.4) is 0 Å². The monoisotopic (exact) mass is 244 g/mol. The van der Waals surface area contributed by atoms with Crippen molar-refractivity contribution in [1.82, 2.24) is 14.6 Å². The van der Waals surface area contributed by atoms with Gasteiger partial charge >= 0.3 is 6.18 Å². The van der Waals surface area contributed by atoms with E-state index in [0.717, 1.165) is 18.8 Å². The molecule has 4 nitrogen and oxygen atoms in total. The van der Waals surface area contributed by atoms with Crippen LogP contribution in [0.1, 0.15) is 24.6 Å². The molecule has 0 aliphatic rings. The van der Waals surface area contributed by atoms with Crippen LogP contribution in [0.5, 0.6) is 0 Å². The number of nitrogen functional groups attached to an aromatic ring is 1. The molecule has 2 aromatic heterocycles. The van der Waals surface area contributed by atoms with Crippen molar-refractivity contribution in [2.24, 2.45) is 0 Å². The lowest BCUT2D eigenvalue weighted by molar-refractivity contribution is -0.136. The van der Waals surface area contributed by atoms with Gasteiger partial charge in [0.1, 0.15) is 11.8 Å². The average molecular weight is 244 g/mol. The minimum Gasteiger partial charge on any atom is -0.382 e. The molecule has 0 saturated heterocycles. The highest BCUT2D eigenvalue weighted by Gasteiger charge is 2.36. The van der Waals surface area contributed by atoms with Crippen molar-refractivity contribution < 1.29 is 13.2 Å². The van der Waals surface area contributed by atoms with Gasteiger partial charge in [0, 0.05) is 5.69 Å². The van der Waals surface area contributed by atoms with Gasteiger partial charge in [-0.25, -0.2) is 9.50 Å². The molecule has 2 N–H and O–H groups in total. The molecular formula is C10H11F3N4. The van der Waals surface area contributed by atoms with Gasteiger partial charge in [-0.2, -0.15) is 18.3 Å². The van der Waals surface area contributed by atoms with Gasteiger partial charge in [0.2, 0.25) is 0 Å². The SMILES string of the molecule is CCCc1cc(C(F)(F)F)c2c(N)ncnn12. The van der Waals surface area contributed by atoms with Crippen LogP contribution >= 0.6 is 0 Å². The summed E-state index contributed by atoms with van der Waals surface area (Å²) in [6.45, 7) is 1.89. The van der Waals surface area contributed by atoms with Gasteiger partial charge in [-0.3, -0.25) is 0 Å². The Kier molecular flexibility index (Phi) is 2.68. The van der Waals surface area contributed by atoms with E-state index >= 15 is 0 Å². The first-order valence-corrected chi connectivity index (χ1v) is 5.13. The van der Waals surface area contributed by atoms with Crippen LogP contribution in [-0.2, 0) is 12.6 Å². The van der Waals surface area contributed by atoms with Crippen LogP contribution in [0.4, 0.5) is 19.0 Å². The van der Waals surface area contributed by atoms with Crippen LogP contribution in [0.15, 0.2) is 12.4 Å². The summed E-state index contributed by atoms with van der Waals surface area (Å²) in [6, 6.07) is 1.09. The fourth-order valence-corrected chi connectivity index (χ4v) is 1.78.